The first-order valence-electron chi connectivity index (χ1n) is 11.3. The Labute approximate surface area is 205 Å². The Bertz CT molecular complexity index is 1360. The summed E-state index contributed by atoms with van der Waals surface area (Å²) < 4.78 is 0.864. The number of fused-ring (bicyclic) bond motifs is 5. The summed E-state index contributed by atoms with van der Waals surface area (Å²) in [6.45, 7) is 1.97. The molecule has 1 saturated carbocycles. The number of aryl methyl sites for hydroxylation is 1. The van der Waals surface area contributed by atoms with Gasteiger partial charge in [-0.2, -0.15) is 5.10 Å². The second-order valence-electron chi connectivity index (χ2n) is 9.21. The van der Waals surface area contributed by atoms with E-state index >= 15 is 0 Å². The van der Waals surface area contributed by atoms with E-state index in [2.05, 4.69) is 21.0 Å². The zero-order chi connectivity index (χ0) is 23.6. The van der Waals surface area contributed by atoms with E-state index in [1.54, 1.807) is 23.4 Å². The van der Waals surface area contributed by atoms with Crippen LogP contribution in [0.4, 0.5) is 0 Å². The molecule has 5 nitrogen and oxygen atoms in total. The third-order valence-corrected chi connectivity index (χ3v) is 7.84. The Morgan fingerprint density at radius 1 is 0.882 bits per heavy atom. The highest BCUT2D eigenvalue weighted by atomic mass is 79.9. The minimum absolute atomic E-state index is 0.119. The lowest BCUT2D eigenvalue weighted by Gasteiger charge is -2.33. The Morgan fingerprint density at radius 2 is 1.56 bits per heavy atom. The quantitative estimate of drug-likeness (QED) is 0.370. The summed E-state index contributed by atoms with van der Waals surface area (Å²) in [6, 6.07) is 21.2. The van der Waals surface area contributed by atoms with Gasteiger partial charge in [0.2, 0.25) is 0 Å². The number of Topliss-reactive ketones (excluding diaryl/α,β-unsaturated/α-hetero) is 3. The van der Waals surface area contributed by atoms with E-state index in [4.69, 9.17) is 0 Å². The molecule has 0 spiro atoms. The molecule has 0 N–H and O–H groups in total. The summed E-state index contributed by atoms with van der Waals surface area (Å²) in [5.74, 6) is -2.71. The third kappa shape index (κ3) is 3.05. The van der Waals surface area contributed by atoms with Crippen LogP contribution in [0.15, 0.2) is 82.4 Å². The fourth-order valence-corrected chi connectivity index (χ4v) is 6.01. The highest BCUT2D eigenvalue weighted by Gasteiger charge is 2.65. The fraction of sp³-hybridized carbons (Fsp3) is 0.214. The molecule has 3 aromatic rings. The molecule has 0 aromatic heterocycles. The Kier molecular flexibility index (Phi) is 4.88. The molecule has 5 atom stereocenters. The summed E-state index contributed by atoms with van der Waals surface area (Å²) in [6.07, 6.45) is 1.72. The van der Waals surface area contributed by atoms with Crippen molar-refractivity contribution in [2.75, 3.05) is 0 Å². The number of hydrazone groups is 1. The van der Waals surface area contributed by atoms with E-state index in [-0.39, 0.29) is 17.3 Å². The van der Waals surface area contributed by atoms with Crippen LogP contribution in [0.1, 0.15) is 44.6 Å². The van der Waals surface area contributed by atoms with Crippen LogP contribution in [-0.4, -0.2) is 34.6 Å². The van der Waals surface area contributed by atoms with Gasteiger partial charge in [-0.15, -0.1) is 0 Å². The molecule has 0 bridgehead atoms. The van der Waals surface area contributed by atoms with E-state index in [0.29, 0.717) is 11.1 Å². The number of carbonyl (C=O) groups is 3. The van der Waals surface area contributed by atoms with Crippen molar-refractivity contribution in [1.82, 2.24) is 5.01 Å². The van der Waals surface area contributed by atoms with Gasteiger partial charge >= 0.3 is 0 Å². The van der Waals surface area contributed by atoms with Gasteiger partial charge in [0.1, 0.15) is 12.0 Å². The Hall–Kier alpha value is -3.38. The lowest BCUT2D eigenvalue weighted by Crippen LogP contribution is -2.41. The third-order valence-electron chi connectivity index (χ3n) is 7.32. The molecule has 168 valence electrons. The molecule has 2 fully saturated rings. The van der Waals surface area contributed by atoms with Crippen LogP contribution in [0.5, 0.6) is 0 Å². The standard InChI is InChI=1S/C28H21BrN2O3/c1-15-6-8-16(9-7-15)21-27(33)22-23(28(21)34)25(26(32)17-10-12-19(29)13-11-17)31-24(22)20-5-3-2-4-18(20)14-30-31/h2-14,21-25H,1H3/t21-,22+,23-,24+,25+/m1/s1. The number of carbonyl (C=O) groups excluding carboxylic acids is 3. The molecule has 2 heterocycles. The van der Waals surface area contributed by atoms with Gasteiger partial charge in [-0.05, 0) is 35.7 Å². The van der Waals surface area contributed by atoms with Crippen LogP contribution in [0.3, 0.4) is 0 Å². The van der Waals surface area contributed by atoms with Crippen LogP contribution in [0.2, 0.25) is 0 Å². The smallest absolute Gasteiger partial charge is 0.187 e. The SMILES string of the molecule is Cc1ccc([C@H]2C(=O)[C@@H]3[C@H](C2=O)[C@@H]2c4ccccc4C=NN2[C@@H]3C(=O)c2ccc(Br)cc2)cc1. The zero-order valence-corrected chi connectivity index (χ0v) is 20.0. The topological polar surface area (TPSA) is 66.8 Å². The summed E-state index contributed by atoms with van der Waals surface area (Å²) in [5, 5.41) is 6.32. The van der Waals surface area contributed by atoms with Crippen LogP contribution in [-0.2, 0) is 9.59 Å². The fourth-order valence-electron chi connectivity index (χ4n) is 5.75. The summed E-state index contributed by atoms with van der Waals surface area (Å²) in [7, 11) is 0. The van der Waals surface area contributed by atoms with Gasteiger partial charge in [-0.25, -0.2) is 0 Å². The summed E-state index contributed by atoms with van der Waals surface area (Å²) >= 11 is 3.41. The molecule has 0 radical (unpaired) electrons. The van der Waals surface area contributed by atoms with Crippen molar-refractivity contribution in [2.45, 2.75) is 24.9 Å². The van der Waals surface area contributed by atoms with Crippen molar-refractivity contribution in [2.24, 2.45) is 16.9 Å². The van der Waals surface area contributed by atoms with Crippen molar-refractivity contribution < 1.29 is 14.4 Å². The molecule has 6 rings (SSSR count). The van der Waals surface area contributed by atoms with Crippen LogP contribution < -0.4 is 0 Å². The maximum absolute atomic E-state index is 13.9. The normalized spacial score (nSPS) is 26.9. The van der Waals surface area contributed by atoms with Crippen LogP contribution in [0.25, 0.3) is 0 Å². The summed E-state index contributed by atoms with van der Waals surface area (Å²) in [5.41, 5.74) is 4.11. The number of nitrogens with zero attached hydrogens (tertiary/aromatic N) is 2. The molecule has 1 aliphatic carbocycles. The minimum atomic E-state index is -0.851. The van der Waals surface area contributed by atoms with E-state index in [9.17, 15) is 14.4 Å². The van der Waals surface area contributed by atoms with E-state index in [1.165, 1.54) is 0 Å². The first kappa shape index (κ1) is 21.2. The lowest BCUT2D eigenvalue weighted by atomic mass is 9.83. The van der Waals surface area contributed by atoms with Crippen LogP contribution >= 0.6 is 15.9 Å². The van der Waals surface area contributed by atoms with Gasteiger partial charge in [-0.1, -0.05) is 82.2 Å². The molecule has 3 aromatic carbocycles. The van der Waals surface area contributed by atoms with E-state index in [0.717, 1.165) is 21.2 Å². The van der Waals surface area contributed by atoms with Gasteiger partial charge in [0.15, 0.2) is 17.3 Å². The van der Waals surface area contributed by atoms with E-state index < -0.39 is 29.8 Å². The molecule has 2 aliphatic heterocycles. The van der Waals surface area contributed by atoms with Crippen molar-refractivity contribution in [3.05, 3.63) is 105 Å². The Balaban J connectivity index is 1.49. The predicted molar refractivity (Wildman–Crippen MR) is 132 cm³/mol. The second kappa shape index (κ2) is 7.84. The monoisotopic (exact) mass is 512 g/mol. The lowest BCUT2D eigenvalue weighted by molar-refractivity contribution is -0.126. The van der Waals surface area contributed by atoms with Gasteiger partial charge in [-0.3, -0.25) is 19.4 Å². The summed E-state index contributed by atoms with van der Waals surface area (Å²) in [4.78, 5) is 41.6. The number of halogens is 1. The zero-order valence-electron chi connectivity index (χ0n) is 18.4. The van der Waals surface area contributed by atoms with Gasteiger partial charge in [0.25, 0.3) is 0 Å². The van der Waals surface area contributed by atoms with E-state index in [1.807, 2.05) is 67.6 Å². The van der Waals surface area contributed by atoms with Gasteiger partial charge in [0, 0.05) is 10.0 Å². The Morgan fingerprint density at radius 3 is 2.29 bits per heavy atom. The molecule has 3 aliphatic rings. The van der Waals surface area contributed by atoms with Gasteiger partial charge in [0.05, 0.1) is 24.1 Å². The van der Waals surface area contributed by atoms with Crippen molar-refractivity contribution in [3.8, 4) is 0 Å². The second-order valence-corrected chi connectivity index (χ2v) is 10.1. The minimum Gasteiger partial charge on any atom is -0.298 e. The maximum Gasteiger partial charge on any atom is 0.187 e. The van der Waals surface area contributed by atoms with Gasteiger partial charge < -0.3 is 0 Å². The maximum atomic E-state index is 13.9. The number of hydrogen-bond acceptors (Lipinski definition) is 5. The number of benzene rings is 3. The van der Waals surface area contributed by atoms with Crippen molar-refractivity contribution in [1.29, 1.82) is 0 Å². The number of rotatable bonds is 3. The van der Waals surface area contributed by atoms with Crippen molar-refractivity contribution >= 4 is 39.5 Å². The van der Waals surface area contributed by atoms with Crippen LogP contribution in [0, 0.1) is 18.8 Å². The average molecular weight is 513 g/mol. The molecule has 0 unspecified atom stereocenters. The van der Waals surface area contributed by atoms with Crippen molar-refractivity contribution in [3.63, 3.8) is 0 Å². The average Bonchev–Trinajstić information content (AvgIpc) is 3.32. The number of hydrogen-bond donors (Lipinski definition) is 0. The highest BCUT2D eigenvalue weighted by molar-refractivity contribution is 9.10. The molecular formula is C28H21BrN2O3. The molecule has 0 amide bonds. The number of ketones is 3. The highest BCUT2D eigenvalue weighted by Crippen LogP contribution is 2.55. The first-order valence-corrected chi connectivity index (χ1v) is 12.1. The molecule has 6 heteroatoms. The molecule has 34 heavy (non-hydrogen) atoms. The first-order chi connectivity index (χ1) is 16.5. The largest absolute Gasteiger partial charge is 0.298 e. The predicted octanol–water partition coefficient (Wildman–Crippen LogP) is 4.88. The molecular weight excluding hydrogens is 492 g/mol. The molecule has 1 saturated heterocycles.